The standard InChI is InChI=1S/C12H12N4O3S2/c1-7(2)20-12-15-14-11(21-12)13-10(17)8-5-3-4-6-9(8)16(18)19/h3-7H,1-2H3,(H,13,14,17). The van der Waals surface area contributed by atoms with Crippen LogP contribution in [0.5, 0.6) is 0 Å². The molecule has 9 heteroatoms. The molecule has 1 N–H and O–H groups in total. The minimum atomic E-state index is -0.588. The summed E-state index contributed by atoms with van der Waals surface area (Å²) in [5, 5.41) is 21.9. The Bertz CT molecular complexity index is 672. The summed E-state index contributed by atoms with van der Waals surface area (Å²) < 4.78 is 0.739. The number of aromatic nitrogens is 2. The highest BCUT2D eigenvalue weighted by Gasteiger charge is 2.20. The first-order chi connectivity index (χ1) is 9.97. The molecule has 1 aromatic heterocycles. The molecule has 1 amide bonds. The van der Waals surface area contributed by atoms with Crippen molar-refractivity contribution in [2.24, 2.45) is 0 Å². The second-order valence-corrected chi connectivity index (χ2v) is 7.07. The Labute approximate surface area is 128 Å². The van der Waals surface area contributed by atoms with Gasteiger partial charge in [-0.25, -0.2) is 0 Å². The fourth-order valence-electron chi connectivity index (χ4n) is 1.50. The van der Waals surface area contributed by atoms with Crippen LogP contribution in [0, 0.1) is 10.1 Å². The summed E-state index contributed by atoms with van der Waals surface area (Å²) in [6, 6.07) is 5.77. The van der Waals surface area contributed by atoms with Gasteiger partial charge in [-0.15, -0.1) is 10.2 Å². The van der Waals surface area contributed by atoms with Crippen LogP contribution in [0.25, 0.3) is 0 Å². The largest absolute Gasteiger partial charge is 0.296 e. The van der Waals surface area contributed by atoms with Crippen LogP contribution in [-0.4, -0.2) is 26.3 Å². The molecule has 0 saturated carbocycles. The van der Waals surface area contributed by atoms with Gasteiger partial charge in [0.1, 0.15) is 5.56 Å². The van der Waals surface area contributed by atoms with Gasteiger partial charge in [0, 0.05) is 11.3 Å². The molecule has 2 rings (SSSR count). The molecule has 110 valence electrons. The number of nitrogens with zero attached hydrogens (tertiary/aromatic N) is 3. The van der Waals surface area contributed by atoms with Crippen molar-refractivity contribution in [3.8, 4) is 0 Å². The van der Waals surface area contributed by atoms with E-state index < -0.39 is 10.8 Å². The Morgan fingerprint density at radius 3 is 2.76 bits per heavy atom. The first-order valence-electron chi connectivity index (χ1n) is 6.02. The third kappa shape index (κ3) is 3.99. The highest BCUT2D eigenvalue weighted by atomic mass is 32.2. The van der Waals surface area contributed by atoms with E-state index in [-0.39, 0.29) is 11.3 Å². The summed E-state index contributed by atoms with van der Waals surface area (Å²) in [5.74, 6) is -0.570. The van der Waals surface area contributed by atoms with E-state index in [1.165, 1.54) is 41.3 Å². The van der Waals surface area contributed by atoms with Crippen molar-refractivity contribution in [1.82, 2.24) is 10.2 Å². The third-order valence-electron chi connectivity index (χ3n) is 2.31. The smallest absolute Gasteiger partial charge is 0.282 e. The van der Waals surface area contributed by atoms with Crippen molar-refractivity contribution < 1.29 is 9.72 Å². The second-order valence-electron chi connectivity index (χ2n) is 4.27. The molecule has 0 radical (unpaired) electrons. The molecule has 2 aromatic rings. The Morgan fingerprint density at radius 2 is 2.10 bits per heavy atom. The summed E-state index contributed by atoms with van der Waals surface area (Å²) in [6.07, 6.45) is 0. The summed E-state index contributed by atoms with van der Waals surface area (Å²) in [6.45, 7) is 4.05. The van der Waals surface area contributed by atoms with Crippen molar-refractivity contribution in [3.63, 3.8) is 0 Å². The van der Waals surface area contributed by atoms with E-state index in [1.54, 1.807) is 6.07 Å². The fourth-order valence-corrected chi connectivity index (χ4v) is 3.47. The molecule has 0 aliphatic heterocycles. The molecular formula is C12H12N4O3S2. The quantitative estimate of drug-likeness (QED) is 0.392. The SMILES string of the molecule is CC(C)Sc1nnc(NC(=O)c2ccccc2[N+](=O)[O-])s1. The number of para-hydroxylation sites is 1. The summed E-state index contributed by atoms with van der Waals surface area (Å²) in [7, 11) is 0. The molecule has 0 bridgehead atoms. The zero-order valence-electron chi connectivity index (χ0n) is 11.3. The number of carbonyl (C=O) groups excluding carboxylic acids is 1. The van der Waals surface area contributed by atoms with Gasteiger partial charge in [0.05, 0.1) is 4.92 Å². The molecule has 0 fully saturated rings. The lowest BCUT2D eigenvalue weighted by Gasteiger charge is -2.02. The van der Waals surface area contributed by atoms with Gasteiger partial charge in [-0.1, -0.05) is 49.1 Å². The van der Waals surface area contributed by atoms with Crippen molar-refractivity contribution in [2.75, 3.05) is 5.32 Å². The normalized spacial score (nSPS) is 10.6. The number of nitro groups is 1. The zero-order valence-corrected chi connectivity index (χ0v) is 12.9. The number of nitrogens with one attached hydrogen (secondary N) is 1. The zero-order chi connectivity index (χ0) is 15.4. The molecule has 7 nitrogen and oxygen atoms in total. The summed E-state index contributed by atoms with van der Waals surface area (Å²) in [4.78, 5) is 22.4. The van der Waals surface area contributed by atoms with E-state index in [4.69, 9.17) is 0 Å². The van der Waals surface area contributed by atoms with Gasteiger partial charge in [-0.2, -0.15) is 0 Å². The minimum Gasteiger partial charge on any atom is -0.296 e. The average molecular weight is 324 g/mol. The monoisotopic (exact) mass is 324 g/mol. The van der Waals surface area contributed by atoms with Crippen LogP contribution in [0.4, 0.5) is 10.8 Å². The molecule has 0 aliphatic carbocycles. The van der Waals surface area contributed by atoms with Gasteiger partial charge in [-0.3, -0.25) is 20.2 Å². The number of thioether (sulfide) groups is 1. The number of amides is 1. The van der Waals surface area contributed by atoms with Crippen LogP contribution >= 0.6 is 23.1 Å². The Morgan fingerprint density at radius 1 is 1.38 bits per heavy atom. The number of carbonyl (C=O) groups is 1. The van der Waals surface area contributed by atoms with Gasteiger partial charge in [0.15, 0.2) is 4.34 Å². The summed E-state index contributed by atoms with van der Waals surface area (Å²) >= 11 is 2.77. The molecule has 21 heavy (non-hydrogen) atoms. The Hall–Kier alpha value is -2.00. The number of nitro benzene ring substituents is 1. The van der Waals surface area contributed by atoms with E-state index in [0.29, 0.717) is 10.4 Å². The fraction of sp³-hybridized carbons (Fsp3) is 0.250. The molecule has 0 atom stereocenters. The molecule has 0 unspecified atom stereocenters. The van der Waals surface area contributed by atoms with Crippen LogP contribution in [0.2, 0.25) is 0 Å². The van der Waals surface area contributed by atoms with Gasteiger partial charge >= 0.3 is 0 Å². The minimum absolute atomic E-state index is 0.00392. The van der Waals surface area contributed by atoms with Crippen LogP contribution in [0.1, 0.15) is 24.2 Å². The van der Waals surface area contributed by atoms with Crippen LogP contribution < -0.4 is 5.32 Å². The predicted molar refractivity (Wildman–Crippen MR) is 82.0 cm³/mol. The van der Waals surface area contributed by atoms with E-state index in [9.17, 15) is 14.9 Å². The maximum Gasteiger partial charge on any atom is 0.282 e. The van der Waals surface area contributed by atoms with E-state index in [2.05, 4.69) is 15.5 Å². The lowest BCUT2D eigenvalue weighted by molar-refractivity contribution is -0.385. The Balaban J connectivity index is 2.15. The number of hydrogen-bond acceptors (Lipinski definition) is 7. The van der Waals surface area contributed by atoms with Crippen LogP contribution in [0.15, 0.2) is 28.6 Å². The highest BCUT2D eigenvalue weighted by molar-refractivity contribution is 8.01. The topological polar surface area (TPSA) is 98.0 Å². The van der Waals surface area contributed by atoms with E-state index >= 15 is 0 Å². The maximum absolute atomic E-state index is 12.1. The van der Waals surface area contributed by atoms with E-state index in [0.717, 1.165) is 4.34 Å². The van der Waals surface area contributed by atoms with Crippen LogP contribution in [-0.2, 0) is 0 Å². The van der Waals surface area contributed by atoms with Crippen LogP contribution in [0.3, 0.4) is 0 Å². The van der Waals surface area contributed by atoms with Gasteiger partial charge in [-0.05, 0) is 6.07 Å². The molecule has 0 saturated heterocycles. The third-order valence-corrected chi connectivity index (χ3v) is 4.24. The van der Waals surface area contributed by atoms with Crippen molar-refractivity contribution >= 4 is 39.8 Å². The van der Waals surface area contributed by atoms with Crippen molar-refractivity contribution in [2.45, 2.75) is 23.4 Å². The predicted octanol–water partition coefficient (Wildman–Crippen LogP) is 3.20. The molecule has 1 heterocycles. The first-order valence-corrected chi connectivity index (χ1v) is 7.72. The molecule has 1 aromatic carbocycles. The highest BCUT2D eigenvalue weighted by Crippen LogP contribution is 2.29. The first kappa shape index (κ1) is 15.4. The van der Waals surface area contributed by atoms with Gasteiger partial charge in [0.25, 0.3) is 11.6 Å². The van der Waals surface area contributed by atoms with Gasteiger partial charge < -0.3 is 0 Å². The lowest BCUT2D eigenvalue weighted by Crippen LogP contribution is -2.13. The molecule has 0 spiro atoms. The lowest BCUT2D eigenvalue weighted by atomic mass is 10.1. The van der Waals surface area contributed by atoms with Crippen molar-refractivity contribution in [3.05, 3.63) is 39.9 Å². The number of benzene rings is 1. The summed E-state index contributed by atoms with van der Waals surface area (Å²) in [5.41, 5.74) is -0.243. The Kier molecular flexibility index (Phi) is 4.86. The molecular weight excluding hydrogens is 312 g/mol. The van der Waals surface area contributed by atoms with Crippen molar-refractivity contribution in [1.29, 1.82) is 0 Å². The van der Waals surface area contributed by atoms with E-state index in [1.807, 2.05) is 13.8 Å². The van der Waals surface area contributed by atoms with Gasteiger partial charge in [0.2, 0.25) is 5.13 Å². The number of anilines is 1. The maximum atomic E-state index is 12.1. The number of hydrogen-bond donors (Lipinski definition) is 1. The average Bonchev–Trinajstić information content (AvgIpc) is 2.85. The number of rotatable bonds is 5. The second kappa shape index (κ2) is 6.64. The molecule has 0 aliphatic rings.